The molecule has 0 unspecified atom stereocenters. The Morgan fingerprint density at radius 2 is 1.62 bits per heavy atom. The van der Waals surface area contributed by atoms with E-state index >= 15 is 0 Å². The van der Waals surface area contributed by atoms with E-state index in [9.17, 15) is 18.4 Å². The largest absolute Gasteiger partial charge is 0.486 e. The van der Waals surface area contributed by atoms with Gasteiger partial charge in [-0.25, -0.2) is 4.79 Å². The van der Waals surface area contributed by atoms with Gasteiger partial charge in [-0.3, -0.25) is 4.79 Å². The molecule has 2 aromatic carbocycles. The summed E-state index contributed by atoms with van der Waals surface area (Å²) in [7, 11) is 0. The number of ketones is 1. The van der Waals surface area contributed by atoms with E-state index in [1.807, 2.05) is 0 Å². The van der Waals surface area contributed by atoms with Crippen molar-refractivity contribution in [3.63, 3.8) is 0 Å². The van der Waals surface area contributed by atoms with E-state index in [2.05, 4.69) is 4.74 Å². The minimum absolute atomic E-state index is 0.0797. The van der Waals surface area contributed by atoms with Crippen molar-refractivity contribution < 1.29 is 37.3 Å². The molecule has 26 heavy (non-hydrogen) atoms. The Labute approximate surface area is 147 Å². The van der Waals surface area contributed by atoms with E-state index in [-0.39, 0.29) is 11.3 Å². The predicted molar refractivity (Wildman–Crippen MR) is 85.1 cm³/mol. The zero-order chi connectivity index (χ0) is 18.5. The minimum atomic E-state index is -2.95. The van der Waals surface area contributed by atoms with Crippen LogP contribution in [0, 0.1) is 0 Å². The van der Waals surface area contributed by atoms with Crippen molar-refractivity contribution in [3.05, 3.63) is 53.6 Å². The second kappa shape index (κ2) is 7.81. The van der Waals surface area contributed by atoms with Crippen LogP contribution in [0.3, 0.4) is 0 Å². The molecule has 0 saturated carbocycles. The summed E-state index contributed by atoms with van der Waals surface area (Å²) in [5, 5.41) is 0. The number of Topliss-reactive ketones (excluding diaryl/α,β-unsaturated/α-hetero) is 1. The maximum absolute atomic E-state index is 12.2. The molecule has 3 rings (SSSR count). The van der Waals surface area contributed by atoms with Gasteiger partial charge in [0.25, 0.3) is 0 Å². The number of esters is 1. The van der Waals surface area contributed by atoms with Gasteiger partial charge in [-0.05, 0) is 42.5 Å². The average Bonchev–Trinajstić information content (AvgIpc) is 2.65. The Balaban J connectivity index is 1.58. The van der Waals surface area contributed by atoms with Crippen LogP contribution < -0.4 is 14.2 Å². The minimum Gasteiger partial charge on any atom is -0.486 e. The van der Waals surface area contributed by atoms with Gasteiger partial charge in [-0.2, -0.15) is 8.78 Å². The smallest absolute Gasteiger partial charge is 0.387 e. The molecule has 1 aliphatic heterocycles. The van der Waals surface area contributed by atoms with Crippen LogP contribution in [0.4, 0.5) is 8.78 Å². The normalized spacial score (nSPS) is 12.6. The van der Waals surface area contributed by atoms with Crippen LogP contribution in [0.1, 0.15) is 20.7 Å². The van der Waals surface area contributed by atoms with Crippen molar-refractivity contribution in [2.45, 2.75) is 6.61 Å². The molecule has 0 radical (unpaired) electrons. The summed E-state index contributed by atoms with van der Waals surface area (Å²) in [4.78, 5) is 24.1. The monoisotopic (exact) mass is 364 g/mol. The maximum Gasteiger partial charge on any atom is 0.387 e. The standard InChI is InChI=1S/C18H14F2O6/c19-18(20)26-13-4-1-11(2-5-13)17(22)25-10-14(21)12-3-6-15-16(9-12)24-8-7-23-15/h1-6,9,18H,7-8,10H2. The second-order valence-corrected chi connectivity index (χ2v) is 5.26. The number of ether oxygens (including phenoxy) is 4. The fraction of sp³-hybridized carbons (Fsp3) is 0.222. The number of benzene rings is 2. The number of alkyl halides is 2. The summed E-state index contributed by atoms with van der Waals surface area (Å²) < 4.78 is 44.1. The summed E-state index contributed by atoms with van der Waals surface area (Å²) >= 11 is 0. The average molecular weight is 364 g/mol. The quantitative estimate of drug-likeness (QED) is 0.579. The van der Waals surface area contributed by atoms with Gasteiger partial charge in [0.05, 0.1) is 5.56 Å². The molecule has 0 fully saturated rings. The van der Waals surface area contributed by atoms with Crippen molar-refractivity contribution >= 4 is 11.8 Å². The van der Waals surface area contributed by atoms with Gasteiger partial charge in [0, 0.05) is 5.56 Å². The Bertz CT molecular complexity index is 804. The molecule has 0 amide bonds. The highest BCUT2D eigenvalue weighted by Gasteiger charge is 2.17. The third-order valence-electron chi connectivity index (χ3n) is 3.51. The predicted octanol–water partition coefficient (Wildman–Crippen LogP) is 3.10. The SMILES string of the molecule is O=C(COC(=O)c1ccc(OC(F)F)cc1)c1ccc2c(c1)OCCO2. The topological polar surface area (TPSA) is 71.1 Å². The third kappa shape index (κ3) is 4.27. The van der Waals surface area contributed by atoms with Gasteiger partial charge in [0.15, 0.2) is 23.9 Å². The lowest BCUT2D eigenvalue weighted by atomic mass is 10.1. The highest BCUT2D eigenvalue weighted by atomic mass is 19.3. The zero-order valence-electron chi connectivity index (χ0n) is 13.4. The first-order valence-corrected chi connectivity index (χ1v) is 7.68. The molecular weight excluding hydrogens is 350 g/mol. The molecule has 6 nitrogen and oxygen atoms in total. The summed E-state index contributed by atoms with van der Waals surface area (Å²) in [5.74, 6) is -0.227. The van der Waals surface area contributed by atoms with E-state index in [4.69, 9.17) is 14.2 Å². The van der Waals surface area contributed by atoms with Gasteiger partial charge >= 0.3 is 12.6 Å². The summed E-state index contributed by atoms with van der Waals surface area (Å²) in [6, 6.07) is 9.67. The fourth-order valence-electron chi connectivity index (χ4n) is 2.29. The van der Waals surface area contributed by atoms with Gasteiger partial charge in [-0.15, -0.1) is 0 Å². The molecule has 0 saturated heterocycles. The van der Waals surface area contributed by atoms with Crippen LogP contribution in [-0.2, 0) is 4.74 Å². The Kier molecular flexibility index (Phi) is 5.31. The summed E-state index contributed by atoms with van der Waals surface area (Å²) in [6.07, 6.45) is 0. The summed E-state index contributed by atoms with van der Waals surface area (Å²) in [5.41, 5.74) is 0.435. The van der Waals surface area contributed by atoms with Crippen molar-refractivity contribution in [2.24, 2.45) is 0 Å². The molecule has 1 aliphatic rings. The number of carbonyl (C=O) groups excluding carboxylic acids is 2. The van der Waals surface area contributed by atoms with E-state index in [0.29, 0.717) is 30.3 Å². The molecule has 0 atom stereocenters. The number of carbonyl (C=O) groups is 2. The number of fused-ring (bicyclic) bond motifs is 1. The Morgan fingerprint density at radius 1 is 0.962 bits per heavy atom. The molecule has 0 N–H and O–H groups in total. The first kappa shape index (κ1) is 17.7. The number of hydrogen-bond acceptors (Lipinski definition) is 6. The van der Waals surface area contributed by atoms with E-state index < -0.39 is 25.0 Å². The highest BCUT2D eigenvalue weighted by molar-refractivity contribution is 5.99. The number of hydrogen-bond donors (Lipinski definition) is 0. The molecule has 0 spiro atoms. The molecule has 8 heteroatoms. The van der Waals surface area contributed by atoms with Crippen molar-refractivity contribution in [1.82, 2.24) is 0 Å². The Morgan fingerprint density at radius 3 is 2.31 bits per heavy atom. The molecule has 0 bridgehead atoms. The lowest BCUT2D eigenvalue weighted by Crippen LogP contribution is -2.17. The molecule has 0 aromatic heterocycles. The van der Waals surface area contributed by atoms with E-state index in [0.717, 1.165) is 0 Å². The molecular formula is C18H14F2O6. The second-order valence-electron chi connectivity index (χ2n) is 5.26. The van der Waals surface area contributed by atoms with Gasteiger partial charge < -0.3 is 18.9 Å². The van der Waals surface area contributed by atoms with Crippen molar-refractivity contribution in [3.8, 4) is 17.2 Å². The van der Waals surface area contributed by atoms with Crippen LogP contribution in [0.15, 0.2) is 42.5 Å². The zero-order valence-corrected chi connectivity index (χ0v) is 13.4. The molecule has 0 aliphatic carbocycles. The maximum atomic E-state index is 12.2. The van der Waals surface area contributed by atoms with Crippen LogP contribution in [-0.4, -0.2) is 38.2 Å². The lowest BCUT2D eigenvalue weighted by molar-refractivity contribution is -0.0498. The third-order valence-corrected chi connectivity index (χ3v) is 3.51. The molecule has 2 aromatic rings. The van der Waals surface area contributed by atoms with E-state index in [1.54, 1.807) is 12.1 Å². The highest BCUT2D eigenvalue weighted by Crippen LogP contribution is 2.30. The first-order valence-electron chi connectivity index (χ1n) is 7.68. The molecule has 136 valence electrons. The van der Waals surface area contributed by atoms with Crippen molar-refractivity contribution in [1.29, 1.82) is 0 Å². The first-order chi connectivity index (χ1) is 12.5. The number of halogens is 2. The van der Waals surface area contributed by atoms with Crippen LogP contribution in [0.5, 0.6) is 17.2 Å². The van der Waals surface area contributed by atoms with Gasteiger partial charge in [0.2, 0.25) is 0 Å². The Hall–Kier alpha value is -3.16. The molecule has 1 heterocycles. The fourth-order valence-corrected chi connectivity index (χ4v) is 2.29. The van der Waals surface area contributed by atoms with Crippen molar-refractivity contribution in [2.75, 3.05) is 19.8 Å². The van der Waals surface area contributed by atoms with Gasteiger partial charge in [-0.1, -0.05) is 0 Å². The van der Waals surface area contributed by atoms with Crippen LogP contribution >= 0.6 is 0 Å². The van der Waals surface area contributed by atoms with Crippen LogP contribution in [0.2, 0.25) is 0 Å². The van der Waals surface area contributed by atoms with Crippen LogP contribution in [0.25, 0.3) is 0 Å². The number of rotatable bonds is 6. The van der Waals surface area contributed by atoms with E-state index in [1.165, 1.54) is 30.3 Å². The lowest BCUT2D eigenvalue weighted by Gasteiger charge is -2.18. The summed E-state index contributed by atoms with van der Waals surface area (Å²) in [6.45, 7) is -2.58. The van der Waals surface area contributed by atoms with Gasteiger partial charge in [0.1, 0.15) is 19.0 Å².